The van der Waals surface area contributed by atoms with E-state index in [4.69, 9.17) is 5.73 Å². The molecule has 0 aliphatic heterocycles. The van der Waals surface area contributed by atoms with E-state index in [2.05, 4.69) is 31.3 Å². The molecule has 1 aromatic carbocycles. The van der Waals surface area contributed by atoms with Crippen LogP contribution in [-0.4, -0.2) is 24.7 Å². The first-order chi connectivity index (χ1) is 8.10. The van der Waals surface area contributed by atoms with Crippen molar-refractivity contribution < 1.29 is 5.11 Å². The first-order valence-corrected chi connectivity index (χ1v) is 6.25. The molecule has 0 aliphatic carbocycles. The molecule has 4 N–H and O–H groups in total. The number of nitrogens with two attached hydrogens (primary N) is 1. The molecular weight excluding hydrogens is 212 g/mol. The second-order valence-electron chi connectivity index (χ2n) is 4.74. The van der Waals surface area contributed by atoms with Crippen molar-refractivity contribution in [3.63, 3.8) is 0 Å². The van der Waals surface area contributed by atoms with Crippen molar-refractivity contribution in [2.75, 3.05) is 13.6 Å². The number of hydrogen-bond donors (Lipinski definition) is 3. The Morgan fingerprint density at radius 3 is 2.12 bits per heavy atom. The molecule has 3 nitrogen and oxygen atoms in total. The van der Waals surface area contributed by atoms with Crippen LogP contribution < -0.4 is 11.1 Å². The van der Waals surface area contributed by atoms with E-state index in [-0.39, 0.29) is 6.04 Å². The van der Waals surface area contributed by atoms with E-state index in [1.165, 1.54) is 5.56 Å². The van der Waals surface area contributed by atoms with Crippen LogP contribution in [0.3, 0.4) is 0 Å². The first kappa shape index (κ1) is 14.2. The van der Waals surface area contributed by atoms with Crippen molar-refractivity contribution in [3.05, 3.63) is 35.4 Å². The molecule has 2 atom stereocenters. The number of aliphatic hydroxyl groups is 1. The Morgan fingerprint density at radius 1 is 1.18 bits per heavy atom. The smallest absolute Gasteiger partial charge is 0.0943 e. The van der Waals surface area contributed by atoms with Crippen LogP contribution in [0.4, 0.5) is 0 Å². The largest absolute Gasteiger partial charge is 0.387 e. The summed E-state index contributed by atoms with van der Waals surface area (Å²) in [7, 11) is 1.85. The summed E-state index contributed by atoms with van der Waals surface area (Å²) in [6, 6.07) is 8.18. The molecule has 0 aromatic heterocycles. The maximum absolute atomic E-state index is 10.2. The summed E-state index contributed by atoms with van der Waals surface area (Å²) in [6.45, 7) is 4.90. The number of likely N-dealkylation sites (N-methyl/N-ethyl adjacent to an activating group) is 1. The SMILES string of the molecule is CNC(CCN)C(O)c1ccc(C(C)C)cc1. The van der Waals surface area contributed by atoms with Crippen LogP contribution in [0.5, 0.6) is 0 Å². The molecule has 96 valence electrons. The van der Waals surface area contributed by atoms with E-state index in [1.54, 1.807) is 0 Å². The van der Waals surface area contributed by atoms with Gasteiger partial charge in [-0.1, -0.05) is 38.1 Å². The lowest BCUT2D eigenvalue weighted by Crippen LogP contribution is -2.34. The summed E-state index contributed by atoms with van der Waals surface area (Å²) in [5, 5.41) is 13.3. The van der Waals surface area contributed by atoms with E-state index < -0.39 is 6.10 Å². The predicted molar refractivity (Wildman–Crippen MR) is 72.0 cm³/mol. The van der Waals surface area contributed by atoms with Crippen molar-refractivity contribution in [2.24, 2.45) is 5.73 Å². The molecule has 0 fully saturated rings. The molecule has 0 bridgehead atoms. The van der Waals surface area contributed by atoms with Gasteiger partial charge in [0.05, 0.1) is 6.10 Å². The summed E-state index contributed by atoms with van der Waals surface area (Å²) >= 11 is 0. The lowest BCUT2D eigenvalue weighted by molar-refractivity contribution is 0.129. The van der Waals surface area contributed by atoms with Crippen molar-refractivity contribution in [1.82, 2.24) is 5.32 Å². The zero-order valence-electron chi connectivity index (χ0n) is 11.0. The molecule has 1 rings (SSSR count). The van der Waals surface area contributed by atoms with Crippen LogP contribution in [0.1, 0.15) is 43.4 Å². The molecule has 0 heterocycles. The standard InChI is InChI=1S/C14H24N2O/c1-10(2)11-4-6-12(7-5-11)14(17)13(16-3)8-9-15/h4-7,10,13-14,16-17H,8-9,15H2,1-3H3. The minimum absolute atomic E-state index is 0.0184. The quantitative estimate of drug-likeness (QED) is 0.705. The average Bonchev–Trinajstić information content (AvgIpc) is 2.35. The molecule has 2 unspecified atom stereocenters. The Morgan fingerprint density at radius 2 is 1.71 bits per heavy atom. The van der Waals surface area contributed by atoms with Gasteiger partial charge in [0.1, 0.15) is 0 Å². The molecule has 0 radical (unpaired) electrons. The van der Waals surface area contributed by atoms with Gasteiger partial charge in [-0.15, -0.1) is 0 Å². The van der Waals surface area contributed by atoms with Crippen molar-refractivity contribution in [1.29, 1.82) is 0 Å². The highest BCUT2D eigenvalue weighted by Gasteiger charge is 2.18. The number of rotatable bonds is 6. The minimum atomic E-state index is -0.496. The Balaban J connectivity index is 2.77. The van der Waals surface area contributed by atoms with Crippen molar-refractivity contribution in [3.8, 4) is 0 Å². The van der Waals surface area contributed by atoms with Crippen LogP contribution in [0.15, 0.2) is 24.3 Å². The van der Waals surface area contributed by atoms with E-state index in [0.29, 0.717) is 12.5 Å². The maximum Gasteiger partial charge on any atom is 0.0943 e. The molecule has 0 aliphatic rings. The molecule has 0 spiro atoms. The number of hydrogen-bond acceptors (Lipinski definition) is 3. The molecule has 0 saturated carbocycles. The van der Waals surface area contributed by atoms with Gasteiger partial charge in [0.2, 0.25) is 0 Å². The summed E-state index contributed by atoms with van der Waals surface area (Å²) in [4.78, 5) is 0. The third-order valence-corrected chi connectivity index (χ3v) is 3.17. The van der Waals surface area contributed by atoms with E-state index in [1.807, 2.05) is 19.2 Å². The van der Waals surface area contributed by atoms with Gasteiger partial charge in [0, 0.05) is 6.04 Å². The Kier molecular flexibility index (Phi) is 5.62. The summed E-state index contributed by atoms with van der Waals surface area (Å²) in [5.41, 5.74) is 7.77. The maximum atomic E-state index is 10.2. The van der Waals surface area contributed by atoms with Gasteiger partial charge in [-0.3, -0.25) is 0 Å². The fourth-order valence-corrected chi connectivity index (χ4v) is 1.95. The third-order valence-electron chi connectivity index (χ3n) is 3.17. The minimum Gasteiger partial charge on any atom is -0.387 e. The van der Waals surface area contributed by atoms with Gasteiger partial charge < -0.3 is 16.2 Å². The number of benzene rings is 1. The van der Waals surface area contributed by atoms with E-state index in [9.17, 15) is 5.11 Å². The van der Waals surface area contributed by atoms with Gasteiger partial charge in [-0.25, -0.2) is 0 Å². The number of aliphatic hydroxyl groups excluding tert-OH is 1. The topological polar surface area (TPSA) is 58.3 Å². The van der Waals surface area contributed by atoms with Gasteiger partial charge in [-0.05, 0) is 37.1 Å². The highest BCUT2D eigenvalue weighted by Crippen LogP contribution is 2.21. The second-order valence-corrected chi connectivity index (χ2v) is 4.74. The molecule has 1 aromatic rings. The number of nitrogens with one attached hydrogen (secondary N) is 1. The molecular formula is C14H24N2O. The van der Waals surface area contributed by atoms with Crippen LogP contribution in [0.25, 0.3) is 0 Å². The average molecular weight is 236 g/mol. The monoisotopic (exact) mass is 236 g/mol. The molecule has 3 heteroatoms. The molecule has 17 heavy (non-hydrogen) atoms. The van der Waals surface area contributed by atoms with Crippen LogP contribution in [0.2, 0.25) is 0 Å². The first-order valence-electron chi connectivity index (χ1n) is 6.25. The summed E-state index contributed by atoms with van der Waals surface area (Å²) in [6.07, 6.45) is 0.272. The molecule has 0 saturated heterocycles. The summed E-state index contributed by atoms with van der Waals surface area (Å²) < 4.78 is 0. The zero-order chi connectivity index (χ0) is 12.8. The van der Waals surface area contributed by atoms with Gasteiger partial charge in [-0.2, -0.15) is 0 Å². The normalized spacial score (nSPS) is 14.9. The molecule has 0 amide bonds. The fourth-order valence-electron chi connectivity index (χ4n) is 1.95. The van der Waals surface area contributed by atoms with Crippen molar-refractivity contribution in [2.45, 2.75) is 38.3 Å². The summed E-state index contributed by atoms with van der Waals surface area (Å²) in [5.74, 6) is 0.519. The predicted octanol–water partition coefficient (Wildman–Crippen LogP) is 1.78. The lowest BCUT2D eigenvalue weighted by atomic mass is 9.96. The Bertz CT molecular complexity index is 321. The highest BCUT2D eigenvalue weighted by molar-refractivity contribution is 5.26. The fraction of sp³-hybridized carbons (Fsp3) is 0.571. The zero-order valence-corrected chi connectivity index (χ0v) is 11.0. The van der Waals surface area contributed by atoms with Gasteiger partial charge in [0.25, 0.3) is 0 Å². The van der Waals surface area contributed by atoms with E-state index in [0.717, 1.165) is 12.0 Å². The van der Waals surface area contributed by atoms with Crippen LogP contribution in [-0.2, 0) is 0 Å². The Labute approximate surface area is 104 Å². The van der Waals surface area contributed by atoms with Crippen LogP contribution in [0, 0.1) is 0 Å². The third kappa shape index (κ3) is 3.80. The van der Waals surface area contributed by atoms with Crippen LogP contribution >= 0.6 is 0 Å². The highest BCUT2D eigenvalue weighted by atomic mass is 16.3. The lowest BCUT2D eigenvalue weighted by Gasteiger charge is -2.22. The second kappa shape index (κ2) is 6.74. The van der Waals surface area contributed by atoms with E-state index >= 15 is 0 Å². The Hall–Kier alpha value is -0.900. The van der Waals surface area contributed by atoms with Gasteiger partial charge in [0.15, 0.2) is 0 Å². The van der Waals surface area contributed by atoms with Crippen molar-refractivity contribution >= 4 is 0 Å². The van der Waals surface area contributed by atoms with Gasteiger partial charge >= 0.3 is 0 Å².